The highest BCUT2D eigenvalue weighted by Crippen LogP contribution is 2.14. The monoisotopic (exact) mass is 233 g/mol. The summed E-state index contributed by atoms with van der Waals surface area (Å²) >= 11 is 5.71. The van der Waals surface area contributed by atoms with E-state index in [1.54, 1.807) is 0 Å². The Morgan fingerprint density at radius 2 is 2.00 bits per heavy atom. The highest BCUT2D eigenvalue weighted by Gasteiger charge is 2.07. The first kappa shape index (κ1) is 12.4. The van der Waals surface area contributed by atoms with Crippen LogP contribution < -0.4 is 5.32 Å². The van der Waals surface area contributed by atoms with Crippen LogP contribution in [0.15, 0.2) is 18.2 Å². The molecule has 15 heavy (non-hydrogen) atoms. The molecule has 1 aromatic carbocycles. The number of aliphatic hydroxyl groups excluding tert-OH is 2. The van der Waals surface area contributed by atoms with Crippen LogP contribution in [0, 0.1) is 5.82 Å². The highest BCUT2D eigenvalue weighted by atomic mass is 35.5. The fourth-order valence-electron chi connectivity index (χ4n) is 1.12. The van der Waals surface area contributed by atoms with Crippen molar-refractivity contribution in [1.29, 1.82) is 0 Å². The zero-order chi connectivity index (χ0) is 11.3. The minimum atomic E-state index is -0.441. The standard InChI is InChI=1S/C10H13ClFNO2/c11-8-1-2-10(12)7(3-8)4-13-9(5-14)6-15/h1-3,9,13-15H,4-6H2. The second-order valence-electron chi connectivity index (χ2n) is 3.18. The van der Waals surface area contributed by atoms with Crippen molar-refractivity contribution in [3.05, 3.63) is 34.6 Å². The van der Waals surface area contributed by atoms with E-state index in [-0.39, 0.29) is 25.6 Å². The van der Waals surface area contributed by atoms with Gasteiger partial charge in [-0.1, -0.05) is 11.6 Å². The van der Waals surface area contributed by atoms with Gasteiger partial charge in [0.2, 0.25) is 0 Å². The molecule has 0 saturated heterocycles. The van der Waals surface area contributed by atoms with E-state index in [0.29, 0.717) is 10.6 Å². The van der Waals surface area contributed by atoms with Gasteiger partial charge in [0.05, 0.1) is 19.3 Å². The molecule has 84 valence electrons. The van der Waals surface area contributed by atoms with E-state index in [1.165, 1.54) is 18.2 Å². The van der Waals surface area contributed by atoms with Crippen LogP contribution in [0.25, 0.3) is 0 Å². The average Bonchev–Trinajstić information content (AvgIpc) is 2.24. The molecule has 0 aliphatic rings. The number of halogens is 2. The van der Waals surface area contributed by atoms with Gasteiger partial charge >= 0.3 is 0 Å². The van der Waals surface area contributed by atoms with Crippen LogP contribution in [-0.2, 0) is 6.54 Å². The lowest BCUT2D eigenvalue weighted by molar-refractivity contribution is 0.170. The zero-order valence-electron chi connectivity index (χ0n) is 8.08. The van der Waals surface area contributed by atoms with Crippen molar-refractivity contribution in [2.75, 3.05) is 13.2 Å². The van der Waals surface area contributed by atoms with Gasteiger partial charge in [0.15, 0.2) is 0 Å². The summed E-state index contributed by atoms with van der Waals surface area (Å²) in [7, 11) is 0. The fraction of sp³-hybridized carbons (Fsp3) is 0.400. The van der Waals surface area contributed by atoms with Crippen molar-refractivity contribution in [3.63, 3.8) is 0 Å². The van der Waals surface area contributed by atoms with Gasteiger partial charge in [-0.15, -0.1) is 0 Å². The minimum Gasteiger partial charge on any atom is -0.395 e. The Balaban J connectivity index is 2.60. The smallest absolute Gasteiger partial charge is 0.127 e. The summed E-state index contributed by atoms with van der Waals surface area (Å²) in [6.07, 6.45) is 0. The lowest BCUT2D eigenvalue weighted by Gasteiger charge is -2.13. The van der Waals surface area contributed by atoms with Crippen molar-refractivity contribution in [1.82, 2.24) is 5.32 Å². The van der Waals surface area contributed by atoms with Crippen LogP contribution in [0.5, 0.6) is 0 Å². The van der Waals surface area contributed by atoms with Crippen molar-refractivity contribution in [2.24, 2.45) is 0 Å². The summed E-state index contributed by atoms with van der Waals surface area (Å²) in [5, 5.41) is 20.8. The van der Waals surface area contributed by atoms with Crippen LogP contribution in [0.1, 0.15) is 5.56 Å². The Labute approximate surface area is 92.5 Å². The van der Waals surface area contributed by atoms with E-state index in [0.717, 1.165) is 0 Å². The molecule has 0 heterocycles. The molecule has 0 amide bonds. The summed E-state index contributed by atoms with van der Waals surface area (Å²) in [6, 6.07) is 3.82. The number of hydrogen-bond donors (Lipinski definition) is 3. The number of hydrogen-bond acceptors (Lipinski definition) is 3. The van der Waals surface area contributed by atoms with Crippen LogP contribution in [0.3, 0.4) is 0 Å². The van der Waals surface area contributed by atoms with Gasteiger partial charge in [-0.3, -0.25) is 0 Å². The maximum Gasteiger partial charge on any atom is 0.127 e. The minimum absolute atomic E-state index is 0.196. The Morgan fingerprint density at radius 1 is 1.33 bits per heavy atom. The van der Waals surface area contributed by atoms with Gasteiger partial charge in [0, 0.05) is 17.1 Å². The average molecular weight is 234 g/mol. The lowest BCUT2D eigenvalue weighted by Crippen LogP contribution is -2.35. The molecule has 1 rings (SSSR count). The summed E-state index contributed by atoms with van der Waals surface area (Å²) < 4.78 is 13.2. The van der Waals surface area contributed by atoms with E-state index in [4.69, 9.17) is 21.8 Å². The predicted octanol–water partition coefficient (Wildman–Crippen LogP) is 0.922. The molecule has 3 nitrogen and oxygen atoms in total. The number of rotatable bonds is 5. The number of nitrogens with one attached hydrogen (secondary N) is 1. The molecule has 0 bridgehead atoms. The van der Waals surface area contributed by atoms with Gasteiger partial charge in [-0.25, -0.2) is 4.39 Å². The van der Waals surface area contributed by atoms with Crippen LogP contribution in [0.2, 0.25) is 5.02 Å². The van der Waals surface area contributed by atoms with E-state index < -0.39 is 6.04 Å². The maximum atomic E-state index is 13.2. The van der Waals surface area contributed by atoms with Gasteiger partial charge in [-0.2, -0.15) is 0 Å². The van der Waals surface area contributed by atoms with Crippen LogP contribution in [0.4, 0.5) is 4.39 Å². The first-order valence-electron chi connectivity index (χ1n) is 4.56. The maximum absolute atomic E-state index is 13.2. The topological polar surface area (TPSA) is 52.5 Å². The second-order valence-corrected chi connectivity index (χ2v) is 3.62. The molecule has 0 atom stereocenters. The van der Waals surface area contributed by atoms with Crippen molar-refractivity contribution >= 4 is 11.6 Å². The number of aliphatic hydroxyl groups is 2. The van der Waals surface area contributed by atoms with E-state index in [2.05, 4.69) is 5.32 Å². The van der Waals surface area contributed by atoms with Crippen molar-refractivity contribution in [3.8, 4) is 0 Å². The molecule has 0 aliphatic heterocycles. The third-order valence-corrected chi connectivity index (χ3v) is 2.26. The zero-order valence-corrected chi connectivity index (χ0v) is 8.84. The van der Waals surface area contributed by atoms with Crippen LogP contribution >= 0.6 is 11.6 Å². The third kappa shape index (κ3) is 3.76. The normalized spacial score (nSPS) is 11.0. The molecule has 1 aromatic rings. The van der Waals surface area contributed by atoms with Crippen molar-refractivity contribution < 1.29 is 14.6 Å². The first-order valence-corrected chi connectivity index (χ1v) is 4.94. The second kappa shape index (κ2) is 6.02. The van der Waals surface area contributed by atoms with Gasteiger partial charge in [-0.05, 0) is 18.2 Å². The molecule has 0 spiro atoms. The highest BCUT2D eigenvalue weighted by molar-refractivity contribution is 6.30. The molecule has 5 heteroatoms. The first-order chi connectivity index (χ1) is 7.17. The van der Waals surface area contributed by atoms with Crippen LogP contribution in [-0.4, -0.2) is 29.5 Å². The largest absolute Gasteiger partial charge is 0.395 e. The molecule has 0 aromatic heterocycles. The summed E-state index contributed by atoms with van der Waals surface area (Å²) in [4.78, 5) is 0. The van der Waals surface area contributed by atoms with E-state index in [9.17, 15) is 4.39 Å². The summed E-state index contributed by atoms with van der Waals surface area (Å²) in [5.74, 6) is -0.360. The molecular weight excluding hydrogens is 221 g/mol. The molecule has 0 saturated carbocycles. The van der Waals surface area contributed by atoms with Gasteiger partial charge in [0.25, 0.3) is 0 Å². The molecule has 0 aliphatic carbocycles. The summed E-state index contributed by atoms with van der Waals surface area (Å²) in [5.41, 5.74) is 0.411. The Bertz CT molecular complexity index is 318. The number of benzene rings is 1. The lowest BCUT2D eigenvalue weighted by atomic mass is 10.2. The Morgan fingerprint density at radius 3 is 2.60 bits per heavy atom. The predicted molar refractivity (Wildman–Crippen MR) is 56.2 cm³/mol. The molecule has 0 fully saturated rings. The van der Waals surface area contributed by atoms with Gasteiger partial charge < -0.3 is 15.5 Å². The molecule has 0 radical (unpaired) electrons. The van der Waals surface area contributed by atoms with Gasteiger partial charge in [0.1, 0.15) is 5.82 Å². The Hall–Kier alpha value is -0.680. The molecular formula is C10H13ClFNO2. The molecule has 3 N–H and O–H groups in total. The van der Waals surface area contributed by atoms with Crippen molar-refractivity contribution in [2.45, 2.75) is 12.6 Å². The fourth-order valence-corrected chi connectivity index (χ4v) is 1.31. The Kier molecular flexibility index (Phi) is 4.98. The van der Waals surface area contributed by atoms with E-state index in [1.807, 2.05) is 0 Å². The third-order valence-electron chi connectivity index (χ3n) is 2.03. The quantitative estimate of drug-likeness (QED) is 0.709. The summed E-state index contributed by atoms with van der Waals surface area (Å²) in [6.45, 7) is -0.171. The molecule has 0 unspecified atom stereocenters. The van der Waals surface area contributed by atoms with E-state index >= 15 is 0 Å². The SMILES string of the molecule is OCC(CO)NCc1cc(Cl)ccc1F.